The van der Waals surface area contributed by atoms with Crippen LogP contribution in [0.4, 0.5) is 8.78 Å². The van der Waals surface area contributed by atoms with Crippen LogP contribution in [0.25, 0.3) is 0 Å². The Morgan fingerprint density at radius 3 is 2.76 bits per heavy atom. The highest BCUT2D eigenvalue weighted by atomic mass is 19.3. The van der Waals surface area contributed by atoms with Crippen molar-refractivity contribution in [2.45, 2.75) is 18.6 Å². The van der Waals surface area contributed by atoms with Crippen LogP contribution in [-0.2, 0) is 9.53 Å². The number of halogens is 2. The lowest BCUT2D eigenvalue weighted by Crippen LogP contribution is -2.34. The van der Waals surface area contributed by atoms with Crippen LogP contribution in [0.3, 0.4) is 0 Å². The van der Waals surface area contributed by atoms with Crippen LogP contribution >= 0.6 is 0 Å². The summed E-state index contributed by atoms with van der Waals surface area (Å²) in [5.74, 6) is 3.96. The molecule has 0 saturated heterocycles. The SMILES string of the molecule is O=C(O)C1=CC=CC(C#Cc2cncnc2)(OC(F)F)C1. The molecule has 1 aliphatic carbocycles. The molecular weight excluding hydrogens is 282 g/mol. The molecule has 0 aromatic carbocycles. The Morgan fingerprint density at radius 1 is 1.43 bits per heavy atom. The van der Waals surface area contributed by atoms with E-state index in [1.54, 1.807) is 0 Å². The lowest BCUT2D eigenvalue weighted by molar-refractivity contribution is -0.173. The first-order chi connectivity index (χ1) is 10.0. The Kier molecular flexibility index (Phi) is 4.40. The van der Waals surface area contributed by atoms with Gasteiger partial charge in [0.25, 0.3) is 0 Å². The van der Waals surface area contributed by atoms with Crippen LogP contribution in [0, 0.1) is 11.8 Å². The average Bonchev–Trinajstić information content (AvgIpc) is 2.46. The molecule has 2 rings (SSSR count). The lowest BCUT2D eigenvalue weighted by atomic mass is 9.90. The van der Waals surface area contributed by atoms with E-state index >= 15 is 0 Å². The molecule has 0 bridgehead atoms. The van der Waals surface area contributed by atoms with E-state index in [1.165, 1.54) is 36.9 Å². The van der Waals surface area contributed by atoms with Gasteiger partial charge in [0.15, 0.2) is 5.60 Å². The fourth-order valence-corrected chi connectivity index (χ4v) is 1.76. The number of aliphatic carboxylic acids is 1. The van der Waals surface area contributed by atoms with Crippen molar-refractivity contribution < 1.29 is 23.4 Å². The Labute approximate surface area is 119 Å². The van der Waals surface area contributed by atoms with Crippen molar-refractivity contribution in [3.05, 3.63) is 48.1 Å². The van der Waals surface area contributed by atoms with Gasteiger partial charge in [-0.2, -0.15) is 8.78 Å². The van der Waals surface area contributed by atoms with Crippen LogP contribution < -0.4 is 0 Å². The molecule has 1 atom stereocenters. The smallest absolute Gasteiger partial charge is 0.346 e. The summed E-state index contributed by atoms with van der Waals surface area (Å²) in [6.45, 7) is -3.08. The molecule has 0 radical (unpaired) electrons. The van der Waals surface area contributed by atoms with Gasteiger partial charge in [-0.25, -0.2) is 14.8 Å². The highest BCUT2D eigenvalue weighted by Crippen LogP contribution is 2.29. The molecule has 108 valence electrons. The number of alkyl halides is 2. The molecule has 1 aromatic heterocycles. The number of hydrogen-bond donors (Lipinski definition) is 1. The van der Waals surface area contributed by atoms with E-state index in [9.17, 15) is 13.6 Å². The van der Waals surface area contributed by atoms with Gasteiger partial charge in [-0.15, -0.1) is 0 Å². The zero-order valence-corrected chi connectivity index (χ0v) is 10.7. The number of aromatic nitrogens is 2. The second-order valence-corrected chi connectivity index (χ2v) is 4.18. The number of carboxylic acids is 1. The molecule has 1 unspecified atom stereocenters. The number of nitrogens with zero attached hydrogens (tertiary/aromatic N) is 2. The van der Waals surface area contributed by atoms with Gasteiger partial charge in [0.1, 0.15) is 6.33 Å². The third-order valence-electron chi connectivity index (χ3n) is 2.67. The van der Waals surface area contributed by atoms with Gasteiger partial charge in [-0.05, 0) is 6.08 Å². The van der Waals surface area contributed by atoms with Crippen LogP contribution in [0.2, 0.25) is 0 Å². The van der Waals surface area contributed by atoms with Crippen molar-refractivity contribution in [3.63, 3.8) is 0 Å². The second kappa shape index (κ2) is 6.24. The Morgan fingerprint density at radius 2 is 2.14 bits per heavy atom. The van der Waals surface area contributed by atoms with Crippen molar-refractivity contribution in [1.82, 2.24) is 9.97 Å². The minimum Gasteiger partial charge on any atom is -0.478 e. The Hall–Kier alpha value is -2.59. The summed E-state index contributed by atoms with van der Waals surface area (Å²) in [5.41, 5.74) is -1.33. The van der Waals surface area contributed by atoms with Gasteiger partial charge >= 0.3 is 12.6 Å². The van der Waals surface area contributed by atoms with Crippen LogP contribution in [0.15, 0.2) is 42.5 Å². The molecule has 0 spiro atoms. The number of hydrogen-bond acceptors (Lipinski definition) is 4. The molecule has 1 aromatic rings. The Bertz CT molecular complexity index is 647. The van der Waals surface area contributed by atoms with Gasteiger partial charge in [-0.1, -0.05) is 24.0 Å². The van der Waals surface area contributed by atoms with Gasteiger partial charge in [0.2, 0.25) is 0 Å². The molecule has 5 nitrogen and oxygen atoms in total. The van der Waals surface area contributed by atoms with Gasteiger partial charge in [0, 0.05) is 24.4 Å². The molecule has 1 N–H and O–H groups in total. The summed E-state index contributed by atoms with van der Waals surface area (Å²) in [6.07, 6.45) is 7.83. The lowest BCUT2D eigenvalue weighted by Gasteiger charge is -2.27. The zero-order chi connectivity index (χ0) is 15.3. The normalized spacial score (nSPS) is 20.6. The first-order valence-corrected chi connectivity index (χ1v) is 5.87. The highest BCUT2D eigenvalue weighted by molar-refractivity contribution is 5.87. The monoisotopic (exact) mass is 292 g/mol. The van der Waals surface area contributed by atoms with E-state index in [0.717, 1.165) is 0 Å². The average molecular weight is 292 g/mol. The maximum Gasteiger partial charge on any atom is 0.346 e. The van der Waals surface area contributed by atoms with E-state index < -0.39 is 18.2 Å². The van der Waals surface area contributed by atoms with Crippen molar-refractivity contribution in [2.75, 3.05) is 0 Å². The van der Waals surface area contributed by atoms with Crippen molar-refractivity contribution in [1.29, 1.82) is 0 Å². The van der Waals surface area contributed by atoms with Crippen molar-refractivity contribution in [3.8, 4) is 11.8 Å². The third kappa shape index (κ3) is 3.94. The standard InChI is InChI=1S/C14H10F2N2O3/c15-13(16)21-14(4-1-2-11(6-14)12(19)20)5-3-10-7-17-9-18-8-10/h1-2,4,7-9,13H,6H2,(H,19,20). The topological polar surface area (TPSA) is 72.3 Å². The fourth-order valence-electron chi connectivity index (χ4n) is 1.76. The summed E-state index contributed by atoms with van der Waals surface area (Å²) < 4.78 is 29.7. The molecule has 0 amide bonds. The van der Waals surface area contributed by atoms with E-state index in [0.29, 0.717) is 5.56 Å². The highest BCUT2D eigenvalue weighted by Gasteiger charge is 2.34. The summed E-state index contributed by atoms with van der Waals surface area (Å²) in [7, 11) is 0. The minimum absolute atomic E-state index is 0.0586. The second-order valence-electron chi connectivity index (χ2n) is 4.18. The van der Waals surface area contributed by atoms with Crippen LogP contribution in [0.1, 0.15) is 12.0 Å². The summed E-state index contributed by atoms with van der Waals surface area (Å²) >= 11 is 0. The van der Waals surface area contributed by atoms with E-state index in [4.69, 9.17) is 5.11 Å². The molecule has 7 heteroatoms. The van der Waals surface area contributed by atoms with Gasteiger partial charge in [-0.3, -0.25) is 4.74 Å². The van der Waals surface area contributed by atoms with E-state index in [-0.39, 0.29) is 12.0 Å². The van der Waals surface area contributed by atoms with Crippen molar-refractivity contribution in [2.24, 2.45) is 0 Å². The van der Waals surface area contributed by atoms with Crippen LogP contribution in [-0.4, -0.2) is 33.3 Å². The quantitative estimate of drug-likeness (QED) is 0.860. The van der Waals surface area contributed by atoms with Gasteiger partial charge in [0.05, 0.1) is 5.56 Å². The fraction of sp³-hybridized carbons (Fsp3) is 0.214. The third-order valence-corrected chi connectivity index (χ3v) is 2.67. The molecule has 0 fully saturated rings. The molecule has 0 saturated carbocycles. The number of carbonyl (C=O) groups is 1. The number of rotatable bonds is 3. The molecular formula is C14H10F2N2O3. The van der Waals surface area contributed by atoms with Gasteiger partial charge < -0.3 is 5.11 Å². The predicted molar refractivity (Wildman–Crippen MR) is 68.2 cm³/mol. The minimum atomic E-state index is -3.08. The molecule has 0 aliphatic heterocycles. The maximum atomic E-state index is 12.6. The first-order valence-electron chi connectivity index (χ1n) is 5.87. The summed E-state index contributed by atoms with van der Waals surface area (Å²) in [5, 5.41) is 8.98. The zero-order valence-electron chi connectivity index (χ0n) is 10.7. The van der Waals surface area contributed by atoms with Crippen molar-refractivity contribution >= 4 is 5.97 Å². The van der Waals surface area contributed by atoms with Crippen LogP contribution in [0.5, 0.6) is 0 Å². The first kappa shape index (κ1) is 14.8. The van der Waals surface area contributed by atoms with E-state index in [1.807, 2.05) is 0 Å². The summed E-state index contributed by atoms with van der Waals surface area (Å²) in [4.78, 5) is 18.5. The molecule has 21 heavy (non-hydrogen) atoms. The predicted octanol–water partition coefficient (Wildman–Crippen LogP) is 1.78. The van der Waals surface area contributed by atoms with E-state index in [2.05, 4.69) is 26.5 Å². The maximum absolute atomic E-state index is 12.6. The number of ether oxygens (including phenoxy) is 1. The largest absolute Gasteiger partial charge is 0.478 e. The summed E-state index contributed by atoms with van der Waals surface area (Å²) in [6, 6.07) is 0. The number of carboxylic acid groups (broad SMARTS) is 1. The molecule has 1 heterocycles. The Balaban J connectivity index is 2.32. The number of allylic oxidation sites excluding steroid dienone is 2. The molecule has 1 aliphatic rings.